The van der Waals surface area contributed by atoms with Gasteiger partial charge in [0.15, 0.2) is 0 Å². The zero-order valence-electron chi connectivity index (χ0n) is 7.26. The van der Waals surface area contributed by atoms with E-state index in [0.717, 1.165) is 5.69 Å². The Labute approximate surface area is 67.8 Å². The van der Waals surface area contributed by atoms with Crippen molar-refractivity contribution in [2.24, 2.45) is 0 Å². The van der Waals surface area contributed by atoms with Crippen LogP contribution in [0.4, 0.5) is 0 Å². The summed E-state index contributed by atoms with van der Waals surface area (Å²) < 4.78 is 0. The van der Waals surface area contributed by atoms with Gasteiger partial charge < -0.3 is 0 Å². The van der Waals surface area contributed by atoms with Gasteiger partial charge in [0.1, 0.15) is 0 Å². The summed E-state index contributed by atoms with van der Waals surface area (Å²) in [6.07, 6.45) is 4.00. The zero-order valence-corrected chi connectivity index (χ0v) is 7.26. The number of nitrogens with zero attached hydrogens (tertiary/aromatic N) is 1. The van der Waals surface area contributed by atoms with E-state index < -0.39 is 0 Å². The maximum absolute atomic E-state index is 4.21. The van der Waals surface area contributed by atoms with Crippen LogP contribution < -0.4 is 0 Å². The molecule has 0 aromatic carbocycles. The Hall–Kier alpha value is -1.11. The van der Waals surface area contributed by atoms with Gasteiger partial charge in [0.25, 0.3) is 0 Å². The molecule has 0 unspecified atom stereocenters. The maximum Gasteiger partial charge on any atom is 0.0373 e. The highest BCUT2D eigenvalue weighted by Crippen LogP contribution is 2.11. The topological polar surface area (TPSA) is 12.9 Å². The Morgan fingerprint density at radius 1 is 1.45 bits per heavy atom. The lowest BCUT2D eigenvalue weighted by Crippen LogP contribution is -1.83. The van der Waals surface area contributed by atoms with Gasteiger partial charge in [-0.1, -0.05) is 12.1 Å². The molecular formula is C10H13N. The Kier molecular flexibility index (Phi) is 2.42. The number of pyridine rings is 1. The van der Waals surface area contributed by atoms with E-state index in [-0.39, 0.29) is 0 Å². The minimum Gasteiger partial charge on any atom is -0.261 e. The average Bonchev–Trinajstić information content (AvgIpc) is 2.05. The van der Waals surface area contributed by atoms with Gasteiger partial charge in [-0.3, -0.25) is 4.98 Å². The van der Waals surface area contributed by atoms with Crippen LogP contribution in [0.2, 0.25) is 0 Å². The van der Waals surface area contributed by atoms with Crippen LogP contribution in [-0.2, 0) is 0 Å². The molecule has 1 heteroatoms. The molecule has 0 aliphatic rings. The summed E-state index contributed by atoms with van der Waals surface area (Å²) in [4.78, 5) is 4.21. The van der Waals surface area contributed by atoms with Gasteiger partial charge in [-0.25, -0.2) is 0 Å². The number of aryl methyl sites for hydroxylation is 1. The third-order valence-electron chi connectivity index (χ3n) is 1.80. The SMILES string of the molecule is C/C=C(/C)c1ccc(C)nc1. The van der Waals surface area contributed by atoms with Crippen LogP contribution in [0.3, 0.4) is 0 Å². The minimum absolute atomic E-state index is 1.07. The molecular weight excluding hydrogens is 134 g/mol. The molecule has 11 heavy (non-hydrogen) atoms. The van der Waals surface area contributed by atoms with E-state index in [2.05, 4.69) is 24.1 Å². The highest BCUT2D eigenvalue weighted by Gasteiger charge is 1.92. The van der Waals surface area contributed by atoms with Crippen molar-refractivity contribution in [3.05, 3.63) is 35.7 Å². The molecule has 0 saturated carbocycles. The van der Waals surface area contributed by atoms with Crippen molar-refractivity contribution in [1.82, 2.24) is 4.98 Å². The van der Waals surface area contributed by atoms with Gasteiger partial charge in [0, 0.05) is 11.9 Å². The fraction of sp³-hybridized carbons (Fsp3) is 0.300. The second kappa shape index (κ2) is 3.33. The molecule has 0 spiro atoms. The molecule has 0 aliphatic carbocycles. The van der Waals surface area contributed by atoms with Gasteiger partial charge in [-0.2, -0.15) is 0 Å². The van der Waals surface area contributed by atoms with Crippen LogP contribution in [0.1, 0.15) is 25.1 Å². The van der Waals surface area contributed by atoms with Crippen LogP contribution in [0.25, 0.3) is 5.57 Å². The molecule has 0 radical (unpaired) electrons. The first-order valence-electron chi connectivity index (χ1n) is 3.80. The van der Waals surface area contributed by atoms with Crippen LogP contribution >= 0.6 is 0 Å². The van der Waals surface area contributed by atoms with E-state index >= 15 is 0 Å². The monoisotopic (exact) mass is 147 g/mol. The van der Waals surface area contributed by atoms with E-state index in [1.165, 1.54) is 11.1 Å². The first-order chi connectivity index (χ1) is 5.24. The molecule has 0 fully saturated rings. The van der Waals surface area contributed by atoms with Gasteiger partial charge in [-0.05, 0) is 38.0 Å². The van der Waals surface area contributed by atoms with E-state index in [1.807, 2.05) is 26.1 Å². The summed E-state index contributed by atoms with van der Waals surface area (Å²) >= 11 is 0. The first-order valence-corrected chi connectivity index (χ1v) is 3.80. The van der Waals surface area contributed by atoms with Crippen molar-refractivity contribution in [2.75, 3.05) is 0 Å². The highest BCUT2D eigenvalue weighted by molar-refractivity contribution is 5.62. The lowest BCUT2D eigenvalue weighted by atomic mass is 10.1. The van der Waals surface area contributed by atoms with Crippen LogP contribution in [-0.4, -0.2) is 4.98 Å². The van der Waals surface area contributed by atoms with Crippen LogP contribution in [0, 0.1) is 6.92 Å². The smallest absolute Gasteiger partial charge is 0.0373 e. The fourth-order valence-corrected chi connectivity index (χ4v) is 0.868. The third kappa shape index (κ3) is 1.90. The van der Waals surface area contributed by atoms with Crippen molar-refractivity contribution < 1.29 is 0 Å². The maximum atomic E-state index is 4.21. The number of allylic oxidation sites excluding steroid dienone is 2. The second-order valence-electron chi connectivity index (χ2n) is 2.66. The summed E-state index contributed by atoms with van der Waals surface area (Å²) in [5.74, 6) is 0. The molecule has 1 rings (SSSR count). The van der Waals surface area contributed by atoms with Crippen molar-refractivity contribution >= 4 is 5.57 Å². The standard InChI is InChI=1S/C10H13N/c1-4-8(2)10-6-5-9(3)11-7-10/h4-7H,1-3H3/b8-4-. The Morgan fingerprint density at radius 3 is 2.64 bits per heavy atom. The molecule has 0 amide bonds. The van der Waals surface area contributed by atoms with E-state index in [4.69, 9.17) is 0 Å². The van der Waals surface area contributed by atoms with Crippen molar-refractivity contribution in [1.29, 1.82) is 0 Å². The number of hydrogen-bond acceptors (Lipinski definition) is 1. The van der Waals surface area contributed by atoms with Crippen LogP contribution in [0.15, 0.2) is 24.4 Å². The molecule has 0 atom stereocenters. The van der Waals surface area contributed by atoms with Gasteiger partial charge in [0.2, 0.25) is 0 Å². The molecule has 0 saturated heterocycles. The number of rotatable bonds is 1. The minimum atomic E-state index is 1.07. The molecule has 0 bridgehead atoms. The Morgan fingerprint density at radius 2 is 2.18 bits per heavy atom. The summed E-state index contributed by atoms with van der Waals surface area (Å²) in [5, 5.41) is 0. The molecule has 1 heterocycles. The van der Waals surface area contributed by atoms with E-state index in [9.17, 15) is 0 Å². The predicted octanol–water partition coefficient (Wildman–Crippen LogP) is 2.81. The lowest BCUT2D eigenvalue weighted by Gasteiger charge is -1.99. The average molecular weight is 147 g/mol. The van der Waals surface area contributed by atoms with Gasteiger partial charge >= 0.3 is 0 Å². The fourth-order valence-electron chi connectivity index (χ4n) is 0.868. The molecule has 1 nitrogen and oxygen atoms in total. The first kappa shape index (κ1) is 7.99. The summed E-state index contributed by atoms with van der Waals surface area (Å²) in [6.45, 7) is 6.12. The van der Waals surface area contributed by atoms with E-state index in [1.54, 1.807) is 0 Å². The second-order valence-corrected chi connectivity index (χ2v) is 2.66. The lowest BCUT2D eigenvalue weighted by molar-refractivity contribution is 1.19. The normalized spacial score (nSPS) is 11.7. The van der Waals surface area contributed by atoms with Crippen molar-refractivity contribution in [2.45, 2.75) is 20.8 Å². The molecule has 0 N–H and O–H groups in total. The van der Waals surface area contributed by atoms with E-state index in [0.29, 0.717) is 0 Å². The van der Waals surface area contributed by atoms with Gasteiger partial charge in [-0.15, -0.1) is 0 Å². The summed E-state index contributed by atoms with van der Waals surface area (Å²) in [5.41, 5.74) is 3.55. The molecule has 58 valence electrons. The largest absolute Gasteiger partial charge is 0.261 e. The number of hydrogen-bond donors (Lipinski definition) is 0. The number of aromatic nitrogens is 1. The highest BCUT2D eigenvalue weighted by atomic mass is 14.7. The van der Waals surface area contributed by atoms with Crippen LogP contribution in [0.5, 0.6) is 0 Å². The van der Waals surface area contributed by atoms with Gasteiger partial charge in [0.05, 0.1) is 0 Å². The zero-order chi connectivity index (χ0) is 8.27. The molecule has 0 aliphatic heterocycles. The summed E-state index contributed by atoms with van der Waals surface area (Å²) in [6, 6.07) is 4.12. The van der Waals surface area contributed by atoms with Crippen molar-refractivity contribution in [3.63, 3.8) is 0 Å². The summed E-state index contributed by atoms with van der Waals surface area (Å²) in [7, 11) is 0. The molecule has 1 aromatic rings. The third-order valence-corrected chi connectivity index (χ3v) is 1.80. The Balaban J connectivity index is 2.99. The Bertz CT molecular complexity index is 257. The van der Waals surface area contributed by atoms with Crippen molar-refractivity contribution in [3.8, 4) is 0 Å². The molecule has 1 aromatic heterocycles. The predicted molar refractivity (Wildman–Crippen MR) is 48.3 cm³/mol. The quantitative estimate of drug-likeness (QED) is 0.595.